The topological polar surface area (TPSA) is 55.1 Å². The van der Waals surface area contributed by atoms with Crippen LogP contribution in [0.3, 0.4) is 0 Å². The van der Waals surface area contributed by atoms with E-state index in [0.29, 0.717) is 12.1 Å². The van der Waals surface area contributed by atoms with Gasteiger partial charge in [-0.1, -0.05) is 24.8 Å². The molecule has 4 heteroatoms. The quantitative estimate of drug-likeness (QED) is 0.853. The largest absolute Gasteiger partial charge is 0.344 e. The molecule has 3 nitrogen and oxygen atoms in total. The Balaban J connectivity index is 2.06. The molecular weight excluding hydrogens is 280 g/mol. The molecule has 2 rings (SSSR count). The van der Waals surface area contributed by atoms with Crippen LogP contribution in [0.1, 0.15) is 40.2 Å². The molecule has 21 heavy (non-hydrogen) atoms. The molecule has 0 bridgehead atoms. The summed E-state index contributed by atoms with van der Waals surface area (Å²) in [6, 6.07) is 11.4. The molecule has 0 aliphatic heterocycles. The summed E-state index contributed by atoms with van der Waals surface area (Å²) in [6.45, 7) is 2.40. The zero-order chi connectivity index (χ0) is 15.1. The second kappa shape index (κ2) is 7.63. The second-order valence-electron chi connectivity index (χ2n) is 4.53. The van der Waals surface area contributed by atoms with Crippen LogP contribution in [0.5, 0.6) is 0 Å². The van der Waals surface area contributed by atoms with Gasteiger partial charge < -0.3 is 11.1 Å². The fourth-order valence-corrected chi connectivity index (χ4v) is 2.82. The smallest absolute Gasteiger partial charge is 0.251 e. The van der Waals surface area contributed by atoms with E-state index in [0.717, 1.165) is 12.0 Å². The molecular formula is C17H18N2OS. The lowest BCUT2D eigenvalue weighted by atomic mass is 10.1. The number of rotatable bonds is 4. The van der Waals surface area contributed by atoms with Crippen LogP contribution in [0.25, 0.3) is 0 Å². The Bertz CT molecular complexity index is 636. The van der Waals surface area contributed by atoms with Crippen molar-refractivity contribution in [3.05, 3.63) is 57.8 Å². The third kappa shape index (κ3) is 4.19. The van der Waals surface area contributed by atoms with Gasteiger partial charge in [0.25, 0.3) is 5.91 Å². The van der Waals surface area contributed by atoms with Gasteiger partial charge in [-0.15, -0.1) is 11.3 Å². The van der Waals surface area contributed by atoms with E-state index in [1.165, 1.54) is 4.88 Å². The molecule has 3 N–H and O–H groups in total. The third-order valence-corrected chi connectivity index (χ3v) is 4.07. The van der Waals surface area contributed by atoms with Gasteiger partial charge in [-0.05, 0) is 42.1 Å². The Hall–Kier alpha value is -2.09. The number of amides is 1. The van der Waals surface area contributed by atoms with Gasteiger partial charge in [0.2, 0.25) is 0 Å². The van der Waals surface area contributed by atoms with Crippen LogP contribution >= 0.6 is 11.3 Å². The van der Waals surface area contributed by atoms with Crippen molar-refractivity contribution in [2.75, 3.05) is 6.54 Å². The molecule has 0 spiro atoms. The lowest BCUT2D eigenvalue weighted by Crippen LogP contribution is -2.27. The number of carbonyl (C=O) groups excluding carboxylic acids is 1. The summed E-state index contributed by atoms with van der Waals surface area (Å²) < 4.78 is 0. The first-order valence-corrected chi connectivity index (χ1v) is 7.75. The highest BCUT2D eigenvalue weighted by Gasteiger charge is 2.14. The van der Waals surface area contributed by atoms with Gasteiger partial charge in [-0.3, -0.25) is 4.79 Å². The van der Waals surface area contributed by atoms with Gasteiger partial charge in [0.15, 0.2) is 0 Å². The van der Waals surface area contributed by atoms with Gasteiger partial charge in [0.05, 0.1) is 12.6 Å². The Kier molecular flexibility index (Phi) is 5.56. The minimum absolute atomic E-state index is 0.0615. The normalized spacial score (nSPS) is 11.3. The average Bonchev–Trinajstić information content (AvgIpc) is 3.05. The van der Waals surface area contributed by atoms with Gasteiger partial charge in [0.1, 0.15) is 0 Å². The van der Waals surface area contributed by atoms with Crippen molar-refractivity contribution in [2.45, 2.75) is 19.4 Å². The van der Waals surface area contributed by atoms with Gasteiger partial charge in [0, 0.05) is 16.0 Å². The van der Waals surface area contributed by atoms with Crippen molar-refractivity contribution in [1.82, 2.24) is 5.32 Å². The van der Waals surface area contributed by atoms with Crippen LogP contribution < -0.4 is 11.1 Å². The molecule has 0 saturated carbocycles. The molecule has 108 valence electrons. The van der Waals surface area contributed by atoms with Crippen LogP contribution in [-0.2, 0) is 0 Å². The SMILES string of the molecule is CCC(NC(=O)c1ccc(C#CCN)cc1)c1cccs1. The highest BCUT2D eigenvalue weighted by Crippen LogP contribution is 2.22. The van der Waals surface area contributed by atoms with Crippen molar-refractivity contribution < 1.29 is 4.79 Å². The Morgan fingerprint density at radius 2 is 2.10 bits per heavy atom. The van der Waals surface area contributed by atoms with Crippen LogP contribution in [0.2, 0.25) is 0 Å². The third-order valence-electron chi connectivity index (χ3n) is 3.08. The number of nitrogens with two attached hydrogens (primary N) is 1. The highest BCUT2D eigenvalue weighted by atomic mass is 32.1. The maximum atomic E-state index is 12.3. The van der Waals surface area contributed by atoms with E-state index in [1.54, 1.807) is 23.5 Å². The predicted octanol–water partition coefficient (Wildman–Crippen LogP) is 2.94. The summed E-state index contributed by atoms with van der Waals surface area (Å²) in [7, 11) is 0. The number of hydrogen-bond donors (Lipinski definition) is 2. The minimum atomic E-state index is -0.0615. The predicted molar refractivity (Wildman–Crippen MR) is 87.2 cm³/mol. The molecule has 1 aromatic carbocycles. The van der Waals surface area contributed by atoms with Crippen LogP contribution in [-0.4, -0.2) is 12.5 Å². The summed E-state index contributed by atoms with van der Waals surface area (Å²) in [5.74, 6) is 5.67. The van der Waals surface area contributed by atoms with Gasteiger partial charge in [-0.25, -0.2) is 0 Å². The Labute approximate surface area is 129 Å². The first kappa shape index (κ1) is 15.3. The molecule has 1 atom stereocenters. The lowest BCUT2D eigenvalue weighted by Gasteiger charge is -2.15. The molecule has 1 aromatic heterocycles. The van der Waals surface area contributed by atoms with Crippen LogP contribution in [0.4, 0.5) is 0 Å². The fourth-order valence-electron chi connectivity index (χ4n) is 1.96. The number of nitrogens with one attached hydrogen (secondary N) is 1. The molecule has 0 aliphatic carbocycles. The number of benzene rings is 1. The summed E-state index contributed by atoms with van der Waals surface area (Å²) in [6.07, 6.45) is 0.867. The van der Waals surface area contributed by atoms with E-state index >= 15 is 0 Å². The van der Waals surface area contributed by atoms with E-state index in [-0.39, 0.29) is 11.9 Å². The fraction of sp³-hybridized carbons (Fsp3) is 0.235. The maximum Gasteiger partial charge on any atom is 0.251 e. The van der Waals surface area contributed by atoms with Crippen molar-refractivity contribution >= 4 is 17.2 Å². The van der Waals surface area contributed by atoms with Gasteiger partial charge in [-0.2, -0.15) is 0 Å². The van der Waals surface area contributed by atoms with Crippen molar-refractivity contribution in [2.24, 2.45) is 5.73 Å². The zero-order valence-electron chi connectivity index (χ0n) is 11.9. The number of carbonyl (C=O) groups is 1. The first-order chi connectivity index (χ1) is 10.2. The number of thiophene rings is 1. The molecule has 1 heterocycles. The van der Waals surface area contributed by atoms with E-state index in [2.05, 4.69) is 24.1 Å². The number of hydrogen-bond acceptors (Lipinski definition) is 3. The van der Waals surface area contributed by atoms with Crippen molar-refractivity contribution in [3.63, 3.8) is 0 Å². The average molecular weight is 298 g/mol. The van der Waals surface area contributed by atoms with E-state index < -0.39 is 0 Å². The summed E-state index contributed by atoms with van der Waals surface area (Å²) in [4.78, 5) is 13.4. The molecule has 0 aliphatic rings. The van der Waals surface area contributed by atoms with E-state index in [1.807, 2.05) is 29.6 Å². The molecule has 0 fully saturated rings. The highest BCUT2D eigenvalue weighted by molar-refractivity contribution is 7.10. The zero-order valence-corrected chi connectivity index (χ0v) is 12.7. The van der Waals surface area contributed by atoms with Crippen molar-refractivity contribution in [3.8, 4) is 11.8 Å². The molecule has 0 saturated heterocycles. The van der Waals surface area contributed by atoms with Crippen molar-refractivity contribution in [1.29, 1.82) is 0 Å². The Morgan fingerprint density at radius 3 is 2.67 bits per heavy atom. The summed E-state index contributed by atoms with van der Waals surface area (Å²) >= 11 is 1.66. The summed E-state index contributed by atoms with van der Waals surface area (Å²) in [5.41, 5.74) is 6.84. The van der Waals surface area contributed by atoms with E-state index in [4.69, 9.17) is 5.73 Å². The van der Waals surface area contributed by atoms with E-state index in [9.17, 15) is 4.79 Å². The molecule has 1 amide bonds. The Morgan fingerprint density at radius 1 is 1.33 bits per heavy atom. The van der Waals surface area contributed by atoms with Crippen LogP contribution in [0.15, 0.2) is 41.8 Å². The molecule has 1 unspecified atom stereocenters. The standard InChI is InChI=1S/C17H18N2OS/c1-2-15(16-6-4-12-21-16)19-17(20)14-9-7-13(8-10-14)5-3-11-18/h4,6-10,12,15H,2,11,18H2,1H3,(H,19,20). The van der Waals surface area contributed by atoms with Crippen LogP contribution in [0, 0.1) is 11.8 Å². The maximum absolute atomic E-state index is 12.3. The second-order valence-corrected chi connectivity index (χ2v) is 5.51. The lowest BCUT2D eigenvalue weighted by molar-refractivity contribution is 0.0936. The summed E-state index contributed by atoms with van der Waals surface area (Å²) in [5, 5.41) is 5.09. The molecule has 0 radical (unpaired) electrons. The van der Waals surface area contributed by atoms with Gasteiger partial charge >= 0.3 is 0 Å². The monoisotopic (exact) mass is 298 g/mol. The minimum Gasteiger partial charge on any atom is -0.344 e. The first-order valence-electron chi connectivity index (χ1n) is 6.88. The molecule has 2 aromatic rings.